The minimum atomic E-state index is -4.73. The molecule has 3 atom stereocenters. The van der Waals surface area contributed by atoms with Crippen LogP contribution in [0.5, 0.6) is 6.01 Å². The quantitative estimate of drug-likeness (QED) is 0.163. The highest BCUT2D eigenvalue weighted by molar-refractivity contribution is 5.93. The fraction of sp³-hybridized carbons (Fsp3) is 0.600. The van der Waals surface area contributed by atoms with E-state index in [9.17, 15) is 26.7 Å². The average Bonchev–Trinajstić information content (AvgIpc) is 3.67. The van der Waals surface area contributed by atoms with Crippen molar-refractivity contribution in [1.29, 1.82) is 0 Å². The van der Waals surface area contributed by atoms with Gasteiger partial charge in [0.1, 0.15) is 12.4 Å². The summed E-state index contributed by atoms with van der Waals surface area (Å²) in [6.07, 6.45) is -4.01. The third-order valence-corrected chi connectivity index (χ3v) is 12.3. The number of anilines is 2. The van der Waals surface area contributed by atoms with Crippen LogP contribution in [-0.2, 0) is 37.0 Å². The fourth-order valence-electron chi connectivity index (χ4n) is 9.62. The molecular weight excluding hydrogens is 735 g/mol. The second-order valence-corrected chi connectivity index (χ2v) is 16.5. The van der Waals surface area contributed by atoms with E-state index < -0.39 is 29.8 Å². The first-order chi connectivity index (χ1) is 26.6. The zero-order valence-electron chi connectivity index (χ0n) is 32.1. The molecule has 56 heavy (non-hydrogen) atoms. The third kappa shape index (κ3) is 7.05. The maximum absolute atomic E-state index is 14.7. The summed E-state index contributed by atoms with van der Waals surface area (Å²) in [5.74, 6) is 5.31. The van der Waals surface area contributed by atoms with Crippen LogP contribution < -0.4 is 15.4 Å². The monoisotopic (exact) mass is 782 g/mol. The van der Waals surface area contributed by atoms with Crippen LogP contribution in [0.15, 0.2) is 12.1 Å². The summed E-state index contributed by atoms with van der Waals surface area (Å²) >= 11 is 0. The predicted molar refractivity (Wildman–Crippen MR) is 197 cm³/mol. The standard InChI is InChI=1S/C40H47F5N8O3/c1-5-7-25-13-26(46)14-27(33(25)40(43,44)45)31-15-29-28(19-55-31)35(51-10-6-11-53-30(18-51)23(2)34(49-53)36(54)50(3)4)48-37(47-29)56-22-39-16-24(12-32(41)42)17-52(39)21-38(20-39)8-9-38/h13-14,24,31-32H,6,8-12,15-22,46H2,1-4H3/t24-,31?,39-/m0/s1. The van der Waals surface area contributed by atoms with Gasteiger partial charge in [-0.25, -0.2) is 8.78 Å². The van der Waals surface area contributed by atoms with Crippen molar-refractivity contribution < 1.29 is 36.2 Å². The van der Waals surface area contributed by atoms with Gasteiger partial charge in [0.05, 0.1) is 41.7 Å². The zero-order valence-corrected chi connectivity index (χ0v) is 32.1. The van der Waals surface area contributed by atoms with Crippen LogP contribution in [-0.4, -0.2) is 87.8 Å². The minimum Gasteiger partial charge on any atom is -0.461 e. The van der Waals surface area contributed by atoms with Gasteiger partial charge in [-0.3, -0.25) is 14.4 Å². The smallest absolute Gasteiger partial charge is 0.417 e. The third-order valence-electron chi connectivity index (χ3n) is 12.3. The number of nitrogen functional groups attached to an aromatic ring is 1. The molecule has 6 heterocycles. The van der Waals surface area contributed by atoms with E-state index in [0.29, 0.717) is 61.8 Å². The second kappa shape index (κ2) is 14.2. The number of ether oxygens (including phenoxy) is 2. The van der Waals surface area contributed by atoms with E-state index in [2.05, 4.69) is 26.7 Å². The molecule has 8 rings (SSSR count). The molecule has 4 aliphatic heterocycles. The van der Waals surface area contributed by atoms with Gasteiger partial charge in [-0.2, -0.15) is 28.2 Å². The van der Waals surface area contributed by atoms with Crippen LogP contribution in [0.3, 0.4) is 0 Å². The van der Waals surface area contributed by atoms with Crippen LogP contribution in [0.4, 0.5) is 33.5 Å². The summed E-state index contributed by atoms with van der Waals surface area (Å²) in [7, 11) is 3.36. The van der Waals surface area contributed by atoms with Gasteiger partial charge in [0.25, 0.3) is 5.91 Å². The Hall–Kier alpha value is -4.49. The molecule has 0 bridgehead atoms. The van der Waals surface area contributed by atoms with Crippen LogP contribution in [0, 0.1) is 30.1 Å². The minimum absolute atomic E-state index is 0.0180. The molecule has 11 nitrogen and oxygen atoms in total. The van der Waals surface area contributed by atoms with Crippen LogP contribution >= 0.6 is 0 Å². The first kappa shape index (κ1) is 38.4. The number of nitrogens with zero attached hydrogens (tertiary/aromatic N) is 7. The molecule has 1 saturated carbocycles. The van der Waals surface area contributed by atoms with Gasteiger partial charge in [-0.1, -0.05) is 5.92 Å². The number of aromatic nitrogens is 4. The van der Waals surface area contributed by atoms with Crippen LogP contribution in [0.2, 0.25) is 0 Å². The Kier molecular flexibility index (Phi) is 9.71. The fourth-order valence-corrected chi connectivity index (χ4v) is 9.62. The zero-order chi connectivity index (χ0) is 39.7. The molecule has 2 saturated heterocycles. The van der Waals surface area contributed by atoms with Crippen molar-refractivity contribution in [2.75, 3.05) is 51.0 Å². The normalized spacial score (nSPS) is 24.0. The number of hydrogen-bond acceptors (Lipinski definition) is 9. The van der Waals surface area contributed by atoms with Gasteiger partial charge >= 0.3 is 12.2 Å². The lowest BCUT2D eigenvalue weighted by Crippen LogP contribution is -2.43. The number of carbonyl (C=O) groups is 1. The molecule has 1 aliphatic carbocycles. The molecule has 1 aromatic carbocycles. The van der Waals surface area contributed by atoms with Crippen LogP contribution in [0.1, 0.15) is 101 Å². The number of fused-ring (bicyclic) bond motifs is 3. The summed E-state index contributed by atoms with van der Waals surface area (Å²) in [5, 5.41) is 4.66. The number of hydrogen-bond donors (Lipinski definition) is 1. The Labute approximate surface area is 322 Å². The first-order valence-electron chi connectivity index (χ1n) is 19.2. The number of alkyl halides is 5. The van der Waals surface area contributed by atoms with E-state index >= 15 is 0 Å². The lowest BCUT2D eigenvalue weighted by atomic mass is 9.85. The molecule has 0 radical (unpaired) electrons. The Morgan fingerprint density at radius 1 is 1.20 bits per heavy atom. The first-order valence-corrected chi connectivity index (χ1v) is 19.2. The Morgan fingerprint density at radius 2 is 1.98 bits per heavy atom. The molecule has 1 unspecified atom stereocenters. The highest BCUT2D eigenvalue weighted by atomic mass is 19.4. The number of rotatable bonds is 8. The van der Waals surface area contributed by atoms with Crippen molar-refractivity contribution in [3.63, 3.8) is 0 Å². The van der Waals surface area contributed by atoms with Crippen molar-refractivity contribution >= 4 is 17.4 Å². The highest BCUT2D eigenvalue weighted by Crippen LogP contribution is 2.61. The van der Waals surface area contributed by atoms with Gasteiger partial charge in [0, 0.05) is 75.5 Å². The molecule has 2 N–H and O–H groups in total. The summed E-state index contributed by atoms with van der Waals surface area (Å²) < 4.78 is 85.8. The van der Waals surface area contributed by atoms with Gasteiger partial charge in [-0.15, -0.1) is 5.92 Å². The predicted octanol–water partition coefficient (Wildman–Crippen LogP) is 6.16. The lowest BCUT2D eigenvalue weighted by Gasteiger charge is -2.33. The molecule has 5 aliphatic rings. The molecule has 3 aromatic rings. The number of benzene rings is 1. The summed E-state index contributed by atoms with van der Waals surface area (Å²) in [5.41, 5.74) is 7.88. The molecule has 300 valence electrons. The van der Waals surface area contributed by atoms with Crippen molar-refractivity contribution in [2.45, 2.75) is 103 Å². The molecule has 1 spiro atoms. The second-order valence-electron chi connectivity index (χ2n) is 16.5. The summed E-state index contributed by atoms with van der Waals surface area (Å²) in [4.78, 5) is 28.7. The molecule has 1 amide bonds. The molecule has 2 aromatic heterocycles. The number of carbonyl (C=O) groups excluding carboxylic acids is 1. The van der Waals surface area contributed by atoms with E-state index in [1.807, 2.05) is 11.6 Å². The summed E-state index contributed by atoms with van der Waals surface area (Å²) in [6, 6.07) is 2.59. The van der Waals surface area contributed by atoms with Crippen molar-refractivity contribution in [1.82, 2.24) is 29.5 Å². The molecular formula is C40H47F5N8O3. The Morgan fingerprint density at radius 3 is 2.68 bits per heavy atom. The van der Waals surface area contributed by atoms with E-state index in [1.165, 1.54) is 24.0 Å². The number of nitrogens with two attached hydrogens (primary N) is 1. The van der Waals surface area contributed by atoms with E-state index in [-0.39, 0.29) is 66.1 Å². The highest BCUT2D eigenvalue weighted by Gasteiger charge is 2.62. The largest absolute Gasteiger partial charge is 0.461 e. The Balaban J connectivity index is 1.17. The van der Waals surface area contributed by atoms with Crippen molar-refractivity contribution in [3.8, 4) is 17.9 Å². The number of amides is 1. The van der Waals surface area contributed by atoms with E-state index in [0.717, 1.165) is 37.1 Å². The van der Waals surface area contributed by atoms with Gasteiger partial charge < -0.3 is 25.0 Å². The average molecular weight is 783 g/mol. The van der Waals surface area contributed by atoms with Gasteiger partial charge in [0.2, 0.25) is 6.43 Å². The number of aryl methyl sites for hydroxylation is 1. The molecule has 16 heteroatoms. The topological polar surface area (TPSA) is 115 Å². The van der Waals surface area contributed by atoms with E-state index in [1.54, 1.807) is 14.1 Å². The maximum Gasteiger partial charge on any atom is 0.417 e. The van der Waals surface area contributed by atoms with Gasteiger partial charge in [0.15, 0.2) is 5.69 Å². The van der Waals surface area contributed by atoms with E-state index in [4.69, 9.17) is 25.2 Å². The molecule has 3 fully saturated rings. The van der Waals surface area contributed by atoms with Crippen molar-refractivity contribution in [2.24, 2.45) is 11.3 Å². The van der Waals surface area contributed by atoms with Crippen LogP contribution in [0.25, 0.3) is 0 Å². The maximum atomic E-state index is 14.7. The number of halogens is 5. The lowest BCUT2D eigenvalue weighted by molar-refractivity contribution is -0.140. The SMILES string of the molecule is CC#Cc1cc(N)cc(C2Cc3nc(OC[C@@]45C[C@H](CC(F)F)CN4CC4(CC4)C5)nc(N4CCCn5nc(C(=O)N(C)C)c(C)c5C4)c3CO2)c1C(F)(F)F. The van der Waals surface area contributed by atoms with Crippen molar-refractivity contribution in [3.05, 3.63) is 57.0 Å². The van der Waals surface area contributed by atoms with Gasteiger partial charge in [-0.05, 0) is 75.0 Å². The summed E-state index contributed by atoms with van der Waals surface area (Å²) in [6.45, 7) is 6.41. The Bertz CT molecular complexity index is 2100.